The van der Waals surface area contributed by atoms with Crippen LogP contribution in [-0.2, 0) is 16.0 Å². The van der Waals surface area contributed by atoms with E-state index in [2.05, 4.69) is 42.2 Å². The maximum Gasteiger partial charge on any atom is 0.307 e. The van der Waals surface area contributed by atoms with Crippen LogP contribution < -0.4 is 9.47 Å². The van der Waals surface area contributed by atoms with E-state index in [4.69, 9.17) is 14.2 Å². The Hall–Kier alpha value is -3.71. The number of ether oxygens (including phenoxy) is 3. The molecule has 0 saturated heterocycles. The van der Waals surface area contributed by atoms with Crippen LogP contribution in [-0.4, -0.2) is 19.7 Å². The lowest BCUT2D eigenvalue weighted by molar-refractivity contribution is -0.140. The minimum atomic E-state index is -0.266. The van der Waals surface area contributed by atoms with Gasteiger partial charge in [-0.25, -0.2) is 0 Å². The smallest absolute Gasteiger partial charge is 0.307 e. The molecule has 1 unspecified atom stereocenters. The minimum absolute atomic E-state index is 0.0113. The molecule has 0 radical (unpaired) electrons. The molecule has 4 rings (SSSR count). The first-order valence-electron chi connectivity index (χ1n) is 11.7. The molecule has 0 aromatic heterocycles. The van der Waals surface area contributed by atoms with Crippen LogP contribution in [0.3, 0.4) is 0 Å². The Balaban J connectivity index is 1.52. The summed E-state index contributed by atoms with van der Waals surface area (Å²) in [6.07, 6.45) is 2.16. The summed E-state index contributed by atoms with van der Waals surface area (Å²) in [7, 11) is 1.40. The van der Waals surface area contributed by atoms with E-state index in [9.17, 15) is 4.79 Å². The number of esters is 1. The molecule has 1 aliphatic carbocycles. The Kier molecular flexibility index (Phi) is 7.54. The third kappa shape index (κ3) is 5.26. The number of rotatable bonds is 8. The summed E-state index contributed by atoms with van der Waals surface area (Å²) in [6.45, 7) is 4.43. The standard InChI is InChI=1S/C30H30O4/c1-4-8-22(20-30(31)32-3)21-13-15-24(16-14-21)34-29-18-17-27-26(11-7-12-28(27)29)23-9-6-10-25(19-23)33-5-2/h6-7,9-16,19,22,29H,5,17-18,20H2,1-3H3/t22-,29?/m0/s1. The van der Waals surface area contributed by atoms with E-state index in [1.165, 1.54) is 29.4 Å². The molecule has 0 saturated carbocycles. The topological polar surface area (TPSA) is 44.8 Å². The summed E-state index contributed by atoms with van der Waals surface area (Å²) in [5, 5.41) is 0. The molecule has 174 valence electrons. The van der Waals surface area contributed by atoms with Crippen LogP contribution in [0.5, 0.6) is 11.5 Å². The minimum Gasteiger partial charge on any atom is -0.494 e. The molecule has 34 heavy (non-hydrogen) atoms. The monoisotopic (exact) mass is 454 g/mol. The molecule has 4 nitrogen and oxygen atoms in total. The maximum atomic E-state index is 11.7. The maximum absolute atomic E-state index is 11.7. The van der Waals surface area contributed by atoms with Crippen LogP contribution in [0.2, 0.25) is 0 Å². The fourth-order valence-electron chi connectivity index (χ4n) is 4.55. The Bertz CT molecular complexity index is 1200. The third-order valence-electron chi connectivity index (χ3n) is 6.15. The van der Waals surface area contributed by atoms with Crippen LogP contribution >= 0.6 is 0 Å². The van der Waals surface area contributed by atoms with Crippen LogP contribution in [0.25, 0.3) is 11.1 Å². The van der Waals surface area contributed by atoms with E-state index < -0.39 is 0 Å². The molecule has 0 aliphatic heterocycles. The van der Waals surface area contributed by atoms with Crippen molar-refractivity contribution in [3.63, 3.8) is 0 Å². The van der Waals surface area contributed by atoms with Gasteiger partial charge in [0.25, 0.3) is 0 Å². The van der Waals surface area contributed by atoms with Crippen molar-refractivity contribution in [1.29, 1.82) is 0 Å². The van der Waals surface area contributed by atoms with Crippen molar-refractivity contribution in [2.45, 2.75) is 45.1 Å². The van der Waals surface area contributed by atoms with E-state index in [1.54, 1.807) is 6.92 Å². The zero-order chi connectivity index (χ0) is 23.9. The zero-order valence-electron chi connectivity index (χ0n) is 20.0. The fourth-order valence-corrected chi connectivity index (χ4v) is 4.55. The van der Waals surface area contributed by atoms with Crippen LogP contribution in [0, 0.1) is 11.8 Å². The Labute approximate surface area is 201 Å². The SMILES string of the molecule is CC#C[C@@H](CC(=O)OC)c1ccc(OC2CCc3c(-c4cccc(OCC)c4)cccc32)cc1. The van der Waals surface area contributed by atoms with Crippen LogP contribution in [0.15, 0.2) is 66.7 Å². The first kappa shape index (κ1) is 23.4. The number of carbonyl (C=O) groups excluding carboxylic acids is 1. The molecule has 0 N–H and O–H groups in total. The number of methoxy groups -OCH3 is 1. The van der Waals surface area contributed by atoms with Gasteiger partial charge < -0.3 is 14.2 Å². The summed E-state index contributed by atoms with van der Waals surface area (Å²) >= 11 is 0. The van der Waals surface area contributed by atoms with Gasteiger partial charge in [0.2, 0.25) is 0 Å². The van der Waals surface area contributed by atoms with Gasteiger partial charge in [-0.1, -0.05) is 48.4 Å². The fraction of sp³-hybridized carbons (Fsp3) is 0.300. The van der Waals surface area contributed by atoms with Gasteiger partial charge in [0.15, 0.2) is 0 Å². The summed E-state index contributed by atoms with van der Waals surface area (Å²) < 4.78 is 16.9. The Morgan fingerprint density at radius 2 is 1.85 bits per heavy atom. The number of hydrogen-bond donors (Lipinski definition) is 0. The zero-order valence-corrected chi connectivity index (χ0v) is 20.0. The van der Waals surface area contributed by atoms with E-state index >= 15 is 0 Å². The average Bonchev–Trinajstić information content (AvgIpc) is 3.27. The molecule has 0 heterocycles. The molecule has 0 amide bonds. The summed E-state index contributed by atoms with van der Waals surface area (Å²) in [6, 6.07) is 22.6. The Morgan fingerprint density at radius 1 is 1.06 bits per heavy atom. The van der Waals surface area contributed by atoms with E-state index in [0.717, 1.165) is 29.9 Å². The molecule has 1 aliphatic rings. The number of hydrogen-bond acceptors (Lipinski definition) is 4. The molecular weight excluding hydrogens is 424 g/mol. The predicted molar refractivity (Wildman–Crippen MR) is 134 cm³/mol. The average molecular weight is 455 g/mol. The van der Waals surface area contributed by atoms with Gasteiger partial charge in [0, 0.05) is 0 Å². The molecule has 4 heteroatoms. The molecule has 0 bridgehead atoms. The summed E-state index contributed by atoms with van der Waals surface area (Å²) in [5.74, 6) is 7.27. The lowest BCUT2D eigenvalue weighted by Crippen LogP contribution is -2.08. The second kappa shape index (κ2) is 10.9. The summed E-state index contributed by atoms with van der Waals surface area (Å²) in [4.78, 5) is 11.7. The molecule has 3 aromatic rings. The highest BCUT2D eigenvalue weighted by atomic mass is 16.5. The predicted octanol–water partition coefficient (Wildman–Crippen LogP) is 6.49. The largest absolute Gasteiger partial charge is 0.494 e. The molecule has 2 atom stereocenters. The highest BCUT2D eigenvalue weighted by Gasteiger charge is 2.26. The van der Waals surface area contributed by atoms with Gasteiger partial charge in [-0.2, -0.15) is 0 Å². The third-order valence-corrected chi connectivity index (χ3v) is 6.15. The van der Waals surface area contributed by atoms with Crippen molar-refractivity contribution in [1.82, 2.24) is 0 Å². The quantitative estimate of drug-likeness (QED) is 0.288. The van der Waals surface area contributed by atoms with Crippen molar-refractivity contribution in [3.05, 3.63) is 83.4 Å². The highest BCUT2D eigenvalue weighted by molar-refractivity contribution is 5.72. The van der Waals surface area contributed by atoms with E-state index in [1.807, 2.05) is 43.3 Å². The molecule has 0 spiro atoms. The van der Waals surface area contributed by atoms with Gasteiger partial charge in [-0.3, -0.25) is 4.79 Å². The van der Waals surface area contributed by atoms with Gasteiger partial charge in [0.1, 0.15) is 17.6 Å². The second-order valence-electron chi connectivity index (χ2n) is 8.28. The van der Waals surface area contributed by atoms with Crippen molar-refractivity contribution in [2.24, 2.45) is 0 Å². The van der Waals surface area contributed by atoms with Gasteiger partial charge in [-0.15, -0.1) is 5.92 Å². The second-order valence-corrected chi connectivity index (χ2v) is 8.28. The molecule has 3 aromatic carbocycles. The highest BCUT2D eigenvalue weighted by Crippen LogP contribution is 2.40. The van der Waals surface area contributed by atoms with E-state index in [-0.39, 0.29) is 24.4 Å². The van der Waals surface area contributed by atoms with Gasteiger partial charge in [0.05, 0.1) is 26.1 Å². The van der Waals surface area contributed by atoms with Crippen molar-refractivity contribution in [3.8, 4) is 34.5 Å². The van der Waals surface area contributed by atoms with Crippen LogP contribution in [0.4, 0.5) is 0 Å². The first-order chi connectivity index (χ1) is 16.6. The molecule has 0 fully saturated rings. The summed E-state index contributed by atoms with van der Waals surface area (Å²) in [5.41, 5.74) is 5.97. The molecular formula is C30H30O4. The number of benzene rings is 3. The normalized spacial score (nSPS) is 15.0. The van der Waals surface area contributed by atoms with Crippen molar-refractivity contribution < 1.29 is 19.0 Å². The van der Waals surface area contributed by atoms with Gasteiger partial charge in [-0.05, 0) is 78.8 Å². The van der Waals surface area contributed by atoms with Crippen molar-refractivity contribution >= 4 is 5.97 Å². The number of carbonyl (C=O) groups is 1. The lowest BCUT2D eigenvalue weighted by atomic mass is 9.96. The Morgan fingerprint density at radius 3 is 2.59 bits per heavy atom. The van der Waals surface area contributed by atoms with Gasteiger partial charge >= 0.3 is 5.97 Å². The number of fused-ring (bicyclic) bond motifs is 1. The first-order valence-corrected chi connectivity index (χ1v) is 11.7. The van der Waals surface area contributed by atoms with E-state index in [0.29, 0.717) is 6.61 Å². The lowest BCUT2D eigenvalue weighted by Gasteiger charge is -2.17. The van der Waals surface area contributed by atoms with Crippen LogP contribution in [0.1, 0.15) is 55.4 Å². The van der Waals surface area contributed by atoms with Crippen molar-refractivity contribution in [2.75, 3.05) is 13.7 Å².